The largest absolute Gasteiger partial charge is 0.378 e. The van der Waals surface area contributed by atoms with Crippen molar-refractivity contribution < 1.29 is 18.8 Å². The number of nitrogens with one attached hydrogen (secondary N) is 1. The highest BCUT2D eigenvalue weighted by Gasteiger charge is 2.51. The summed E-state index contributed by atoms with van der Waals surface area (Å²) in [6.45, 7) is 2.45. The Bertz CT molecular complexity index is 1300. The molecular formula is C31H33N3O4. The molecule has 4 aliphatic carbocycles. The molecule has 2 amide bonds. The zero-order chi connectivity index (χ0) is 25.7. The Morgan fingerprint density at radius 2 is 1.37 bits per heavy atom. The van der Waals surface area contributed by atoms with Crippen molar-refractivity contribution in [3.63, 3.8) is 0 Å². The molecule has 0 spiro atoms. The topological polar surface area (TPSA) is 84.7 Å². The number of aromatic nitrogens is 1. The molecule has 0 unspecified atom stereocenters. The van der Waals surface area contributed by atoms with Crippen LogP contribution in [0.5, 0.6) is 0 Å². The Balaban J connectivity index is 1.01. The number of carbonyl (C=O) groups is 2. The maximum Gasteiger partial charge on any atom is 0.273 e. The average molecular weight is 512 g/mol. The molecule has 2 aromatic carbocycles. The number of carbonyl (C=O) groups excluding carboxylic acids is 2. The fourth-order valence-corrected chi connectivity index (χ4v) is 7.67. The van der Waals surface area contributed by atoms with Crippen LogP contribution in [0.25, 0.3) is 22.5 Å². The zero-order valence-corrected chi connectivity index (χ0v) is 21.5. The van der Waals surface area contributed by atoms with Crippen LogP contribution in [0.3, 0.4) is 0 Å². The first kappa shape index (κ1) is 23.7. The molecule has 196 valence electrons. The van der Waals surface area contributed by atoms with Gasteiger partial charge in [0, 0.05) is 35.8 Å². The summed E-state index contributed by atoms with van der Waals surface area (Å²) in [5, 5.41) is 7.48. The third-order valence-corrected chi connectivity index (χ3v) is 9.09. The SMILES string of the molecule is O=C(NC12CC3CC(CC(C3)C1)C2)c1cc(-c2ccc(-c3ccc(C(=O)N4CCOCC4)cc3)cc2)on1. The molecule has 38 heavy (non-hydrogen) atoms. The normalized spacial score (nSPS) is 27.9. The molecule has 4 bridgehead atoms. The van der Waals surface area contributed by atoms with E-state index in [2.05, 4.69) is 10.5 Å². The van der Waals surface area contributed by atoms with Crippen molar-refractivity contribution in [1.29, 1.82) is 0 Å². The number of nitrogens with zero attached hydrogens (tertiary/aromatic N) is 2. The first-order chi connectivity index (χ1) is 18.5. The highest BCUT2D eigenvalue weighted by Crippen LogP contribution is 2.55. The molecule has 1 saturated heterocycles. The molecule has 2 heterocycles. The zero-order valence-electron chi connectivity index (χ0n) is 21.5. The van der Waals surface area contributed by atoms with Crippen LogP contribution in [-0.2, 0) is 4.74 Å². The van der Waals surface area contributed by atoms with E-state index in [9.17, 15) is 9.59 Å². The van der Waals surface area contributed by atoms with Gasteiger partial charge in [-0.05, 0) is 79.5 Å². The molecule has 7 nitrogen and oxygen atoms in total. The predicted octanol–water partition coefficient (Wildman–Crippen LogP) is 5.18. The van der Waals surface area contributed by atoms with E-state index in [1.807, 2.05) is 53.4 Å². The van der Waals surface area contributed by atoms with E-state index >= 15 is 0 Å². The molecule has 3 aromatic rings. The second-order valence-corrected chi connectivity index (χ2v) is 11.8. The Morgan fingerprint density at radius 3 is 1.97 bits per heavy atom. The average Bonchev–Trinajstić information content (AvgIpc) is 3.43. The van der Waals surface area contributed by atoms with Gasteiger partial charge in [0.15, 0.2) is 11.5 Å². The van der Waals surface area contributed by atoms with Gasteiger partial charge in [0.1, 0.15) is 0 Å². The fraction of sp³-hybridized carbons (Fsp3) is 0.452. The van der Waals surface area contributed by atoms with Crippen molar-refractivity contribution in [2.75, 3.05) is 26.3 Å². The third kappa shape index (κ3) is 4.43. The van der Waals surface area contributed by atoms with Gasteiger partial charge in [-0.15, -0.1) is 0 Å². The molecule has 0 radical (unpaired) electrons. The summed E-state index contributed by atoms with van der Waals surface area (Å²) in [6.07, 6.45) is 7.36. The number of benzene rings is 2. The van der Waals surface area contributed by atoms with Crippen molar-refractivity contribution in [1.82, 2.24) is 15.4 Å². The van der Waals surface area contributed by atoms with Gasteiger partial charge in [0.2, 0.25) is 0 Å². The molecule has 5 aliphatic rings. The quantitative estimate of drug-likeness (QED) is 0.510. The van der Waals surface area contributed by atoms with Crippen LogP contribution in [0.15, 0.2) is 59.1 Å². The van der Waals surface area contributed by atoms with Crippen molar-refractivity contribution >= 4 is 11.8 Å². The van der Waals surface area contributed by atoms with Crippen LogP contribution in [0.2, 0.25) is 0 Å². The van der Waals surface area contributed by atoms with Crippen molar-refractivity contribution in [2.24, 2.45) is 17.8 Å². The molecule has 1 N–H and O–H groups in total. The van der Waals surface area contributed by atoms with Crippen LogP contribution in [0.4, 0.5) is 0 Å². The second kappa shape index (κ2) is 9.38. The molecule has 0 atom stereocenters. The van der Waals surface area contributed by atoms with Crippen molar-refractivity contribution in [3.05, 3.63) is 65.9 Å². The van der Waals surface area contributed by atoms with Crippen LogP contribution in [0, 0.1) is 17.8 Å². The molecule has 1 aliphatic heterocycles. The van der Waals surface area contributed by atoms with Gasteiger partial charge in [-0.25, -0.2) is 0 Å². The van der Waals surface area contributed by atoms with E-state index in [1.54, 1.807) is 6.07 Å². The van der Waals surface area contributed by atoms with Crippen molar-refractivity contribution in [3.8, 4) is 22.5 Å². The van der Waals surface area contributed by atoms with E-state index in [1.165, 1.54) is 19.3 Å². The second-order valence-electron chi connectivity index (χ2n) is 11.8. The maximum absolute atomic E-state index is 13.1. The first-order valence-corrected chi connectivity index (χ1v) is 13.9. The molecule has 8 rings (SSSR count). The van der Waals surface area contributed by atoms with E-state index < -0.39 is 0 Å². The summed E-state index contributed by atoms with van der Waals surface area (Å²) in [4.78, 5) is 27.7. The predicted molar refractivity (Wildman–Crippen MR) is 142 cm³/mol. The maximum atomic E-state index is 13.1. The van der Waals surface area contributed by atoms with Gasteiger partial charge in [-0.3, -0.25) is 9.59 Å². The summed E-state index contributed by atoms with van der Waals surface area (Å²) in [6, 6.07) is 17.5. The molecule has 5 fully saturated rings. The lowest BCUT2D eigenvalue weighted by atomic mass is 9.53. The lowest BCUT2D eigenvalue weighted by molar-refractivity contribution is -0.0168. The highest BCUT2D eigenvalue weighted by atomic mass is 16.5. The smallest absolute Gasteiger partial charge is 0.273 e. The lowest BCUT2D eigenvalue weighted by Gasteiger charge is -2.56. The van der Waals surface area contributed by atoms with Crippen LogP contribution >= 0.6 is 0 Å². The van der Waals surface area contributed by atoms with Gasteiger partial charge in [0.05, 0.1) is 13.2 Å². The summed E-state index contributed by atoms with van der Waals surface area (Å²) in [7, 11) is 0. The minimum atomic E-state index is -0.120. The summed E-state index contributed by atoms with van der Waals surface area (Å²) in [5.41, 5.74) is 3.93. The standard InChI is InChI=1S/C31H33N3O4/c35-29(32-31-17-20-13-21(18-31)15-22(14-20)19-31)27-16-28(38-33-27)25-5-1-23(2-6-25)24-3-7-26(8-4-24)30(36)34-9-11-37-12-10-34/h1-8,16,20-22H,9-15,17-19H2,(H,32,35). The molecule has 4 saturated carbocycles. The molecule has 7 heteroatoms. The van der Waals surface area contributed by atoms with Gasteiger partial charge in [-0.2, -0.15) is 0 Å². The number of morpholine rings is 1. The first-order valence-electron chi connectivity index (χ1n) is 13.9. The minimum absolute atomic E-state index is 0.0450. The van der Waals surface area contributed by atoms with Gasteiger partial charge < -0.3 is 19.5 Å². The van der Waals surface area contributed by atoms with E-state index in [0.717, 1.165) is 53.7 Å². The Hall–Kier alpha value is -3.45. The van der Waals surface area contributed by atoms with Gasteiger partial charge in [-0.1, -0.05) is 41.6 Å². The van der Waals surface area contributed by atoms with Gasteiger partial charge in [0.25, 0.3) is 11.8 Å². The van der Waals surface area contributed by atoms with E-state index in [4.69, 9.17) is 9.26 Å². The summed E-state index contributed by atoms with van der Waals surface area (Å²) < 4.78 is 10.9. The Labute approximate surface area is 222 Å². The highest BCUT2D eigenvalue weighted by molar-refractivity contribution is 5.95. The molecule has 1 aromatic heterocycles. The number of hydrogen-bond acceptors (Lipinski definition) is 5. The van der Waals surface area contributed by atoms with Crippen molar-refractivity contribution in [2.45, 2.75) is 44.1 Å². The van der Waals surface area contributed by atoms with Crippen LogP contribution in [-0.4, -0.2) is 53.7 Å². The number of amides is 2. The number of rotatable bonds is 5. The fourth-order valence-electron chi connectivity index (χ4n) is 7.67. The van der Waals surface area contributed by atoms with Crippen LogP contribution in [0.1, 0.15) is 59.4 Å². The van der Waals surface area contributed by atoms with E-state index in [-0.39, 0.29) is 17.4 Å². The van der Waals surface area contributed by atoms with E-state index in [0.29, 0.717) is 43.3 Å². The summed E-state index contributed by atoms with van der Waals surface area (Å²) >= 11 is 0. The molecular weight excluding hydrogens is 478 g/mol. The number of hydrogen-bond donors (Lipinski definition) is 1. The lowest BCUT2D eigenvalue weighted by Crippen LogP contribution is -2.59. The monoisotopic (exact) mass is 511 g/mol. The third-order valence-electron chi connectivity index (χ3n) is 9.09. The minimum Gasteiger partial charge on any atom is -0.378 e. The summed E-state index contributed by atoms with van der Waals surface area (Å²) in [5.74, 6) is 2.82. The number of ether oxygens (including phenoxy) is 1. The Morgan fingerprint density at radius 1 is 0.816 bits per heavy atom. The Kier molecular flexibility index (Phi) is 5.84. The van der Waals surface area contributed by atoms with Gasteiger partial charge >= 0.3 is 0 Å². The van der Waals surface area contributed by atoms with Crippen LogP contribution < -0.4 is 5.32 Å².